The van der Waals surface area contributed by atoms with Gasteiger partial charge in [-0.2, -0.15) is 0 Å². The number of carbonyl (C=O) groups is 2. The summed E-state index contributed by atoms with van der Waals surface area (Å²) in [7, 11) is 0. The zero-order chi connectivity index (χ0) is 34.6. The first kappa shape index (κ1) is 35.9. The molecule has 0 spiro atoms. The minimum atomic E-state index is -1.61. The monoisotopic (exact) mass is 656 g/mol. The summed E-state index contributed by atoms with van der Waals surface area (Å²) in [5, 5.41) is 12.8. The summed E-state index contributed by atoms with van der Waals surface area (Å²) >= 11 is 0. The zero-order valence-corrected chi connectivity index (χ0v) is 27.9. The molecule has 1 amide bonds. The molecule has 3 aromatic rings. The molecule has 48 heavy (non-hydrogen) atoms. The molecule has 0 saturated heterocycles. The van der Waals surface area contributed by atoms with E-state index in [9.17, 15) is 9.59 Å². The summed E-state index contributed by atoms with van der Waals surface area (Å²) in [5.74, 6) is -0.151. The molecule has 2 atom stereocenters. The Morgan fingerprint density at radius 3 is 2.50 bits per heavy atom. The van der Waals surface area contributed by atoms with Crippen molar-refractivity contribution in [3.8, 4) is 5.75 Å². The van der Waals surface area contributed by atoms with E-state index in [1.807, 2.05) is 49.4 Å². The summed E-state index contributed by atoms with van der Waals surface area (Å²) in [6.45, 7) is 8.25. The quantitative estimate of drug-likeness (QED) is 0.0437. The molecule has 1 aliphatic rings. The number of esters is 1. The van der Waals surface area contributed by atoms with E-state index in [0.29, 0.717) is 48.4 Å². The topological polar surface area (TPSA) is 167 Å². The number of aliphatic imine (C=N–C) groups is 1. The number of azide groups is 1. The molecule has 1 aliphatic heterocycles. The molecule has 254 valence electrons. The Labute approximate surface area is 281 Å². The highest BCUT2D eigenvalue weighted by molar-refractivity contribution is 6.01. The third-order valence-electron chi connectivity index (χ3n) is 7.66. The highest BCUT2D eigenvalue weighted by Crippen LogP contribution is 2.44. The number of nitrogens with one attached hydrogen (secondary N) is 2. The molecule has 0 aliphatic carbocycles. The maximum atomic E-state index is 14.4. The molecule has 0 radical (unpaired) electrons. The molecule has 0 bridgehead atoms. The zero-order valence-electron chi connectivity index (χ0n) is 27.9. The van der Waals surface area contributed by atoms with Gasteiger partial charge in [-0.1, -0.05) is 59.2 Å². The predicted molar refractivity (Wildman–Crippen MR) is 182 cm³/mol. The minimum absolute atomic E-state index is 0.0273. The van der Waals surface area contributed by atoms with Crippen LogP contribution < -0.4 is 15.6 Å². The molecule has 3 N–H and O–H groups in total. The lowest BCUT2D eigenvalue weighted by Gasteiger charge is -2.31. The average molecular weight is 657 g/mol. The van der Waals surface area contributed by atoms with Crippen LogP contribution in [0.1, 0.15) is 74.0 Å². The fourth-order valence-corrected chi connectivity index (χ4v) is 5.29. The molecular weight excluding hydrogens is 612 g/mol. The summed E-state index contributed by atoms with van der Waals surface area (Å²) in [5.41, 5.74) is 16.8. The highest BCUT2D eigenvalue weighted by atomic mass is 16.6. The summed E-state index contributed by atoms with van der Waals surface area (Å²) in [6.07, 6.45) is 0.0601. The van der Waals surface area contributed by atoms with Gasteiger partial charge in [0.05, 0.1) is 13.2 Å². The number of aryl methyl sites for hydroxylation is 1. The SMILES string of the molecule is Cc1ccc(CCNNC(=O)[C@@]2(CCC(=O)OC(C)(C)C)N=C(c3ccc(OCCCO)cc3)O[C@H]2c2ccccc2CN=[N+]=[N-])cc1. The van der Waals surface area contributed by atoms with Gasteiger partial charge >= 0.3 is 5.97 Å². The van der Waals surface area contributed by atoms with E-state index in [2.05, 4.69) is 20.9 Å². The van der Waals surface area contributed by atoms with Crippen LogP contribution in [0.15, 0.2) is 82.9 Å². The number of benzene rings is 3. The van der Waals surface area contributed by atoms with Gasteiger partial charge in [-0.25, -0.2) is 10.4 Å². The first-order chi connectivity index (χ1) is 23.0. The van der Waals surface area contributed by atoms with Crippen molar-refractivity contribution in [2.45, 2.75) is 77.2 Å². The van der Waals surface area contributed by atoms with Crippen molar-refractivity contribution < 1.29 is 28.9 Å². The fourth-order valence-electron chi connectivity index (χ4n) is 5.29. The second kappa shape index (κ2) is 16.8. The number of nitrogens with zero attached hydrogens (tertiary/aromatic N) is 4. The lowest BCUT2D eigenvalue weighted by atomic mass is 9.82. The minimum Gasteiger partial charge on any atom is -0.494 e. The third kappa shape index (κ3) is 9.80. The first-order valence-electron chi connectivity index (χ1n) is 16.0. The van der Waals surface area contributed by atoms with Crippen LogP contribution in [0, 0.1) is 6.92 Å². The Kier molecular flexibility index (Phi) is 12.6. The van der Waals surface area contributed by atoms with E-state index in [1.54, 1.807) is 51.1 Å². The van der Waals surface area contributed by atoms with Gasteiger partial charge in [0.15, 0.2) is 11.6 Å². The van der Waals surface area contributed by atoms with Crippen molar-refractivity contribution in [1.82, 2.24) is 10.9 Å². The fraction of sp³-hybridized carbons (Fsp3) is 0.417. The number of aliphatic hydroxyl groups excluding tert-OH is 1. The predicted octanol–water partition coefficient (Wildman–Crippen LogP) is 5.81. The number of aliphatic hydroxyl groups is 1. The summed E-state index contributed by atoms with van der Waals surface area (Å²) in [4.78, 5) is 35.3. The smallest absolute Gasteiger partial charge is 0.306 e. The van der Waals surface area contributed by atoms with Gasteiger partial charge < -0.3 is 19.3 Å². The van der Waals surface area contributed by atoms with Crippen LogP contribution in [0.25, 0.3) is 10.4 Å². The van der Waals surface area contributed by atoms with Crippen LogP contribution in [0.3, 0.4) is 0 Å². The number of ether oxygens (including phenoxy) is 3. The van der Waals surface area contributed by atoms with Gasteiger partial charge in [0, 0.05) is 36.5 Å². The van der Waals surface area contributed by atoms with Crippen molar-refractivity contribution in [1.29, 1.82) is 0 Å². The van der Waals surface area contributed by atoms with Gasteiger partial charge in [-0.15, -0.1) is 0 Å². The molecule has 3 aromatic carbocycles. The standard InChI is InChI=1S/C36H44N6O6/c1-25-10-12-26(13-11-25)19-21-38-41-34(45)36(20-18-31(44)48-35(2,3)4)32(30-9-6-5-8-28(30)24-39-42-37)47-33(40-36)27-14-16-29(17-15-27)46-23-7-22-43/h5-6,8-17,32,38,43H,7,18-24H2,1-4H3,(H,41,45)/t32-,36-/m0/s1. The molecule has 0 fully saturated rings. The lowest BCUT2D eigenvalue weighted by Crippen LogP contribution is -2.53. The summed E-state index contributed by atoms with van der Waals surface area (Å²) in [6, 6.07) is 22.5. The van der Waals surface area contributed by atoms with Crippen LogP contribution in [-0.2, 0) is 32.0 Å². The number of hydrogen-bond acceptors (Lipinski definition) is 9. The normalized spacial score (nSPS) is 17.1. The Bertz CT molecular complexity index is 1610. The maximum absolute atomic E-state index is 14.4. The number of rotatable bonds is 16. The van der Waals surface area contributed by atoms with E-state index >= 15 is 0 Å². The lowest BCUT2D eigenvalue weighted by molar-refractivity contribution is -0.155. The molecule has 0 aromatic heterocycles. The number of carbonyl (C=O) groups excluding carboxylic acids is 2. The number of hydrogen-bond donors (Lipinski definition) is 3. The van der Waals surface area contributed by atoms with Crippen molar-refractivity contribution in [3.05, 3.63) is 111 Å². The maximum Gasteiger partial charge on any atom is 0.306 e. The molecule has 0 unspecified atom stereocenters. The van der Waals surface area contributed by atoms with E-state index in [0.717, 1.165) is 11.1 Å². The van der Waals surface area contributed by atoms with Crippen LogP contribution >= 0.6 is 0 Å². The van der Waals surface area contributed by atoms with Crippen molar-refractivity contribution in [2.24, 2.45) is 10.1 Å². The van der Waals surface area contributed by atoms with Gasteiger partial charge in [0.1, 0.15) is 11.4 Å². The molecule has 0 saturated carbocycles. The molecular formula is C36H44N6O6. The number of hydrazine groups is 1. The molecule has 12 heteroatoms. The second-order valence-corrected chi connectivity index (χ2v) is 12.6. The third-order valence-corrected chi connectivity index (χ3v) is 7.66. The average Bonchev–Trinajstić information content (AvgIpc) is 3.46. The van der Waals surface area contributed by atoms with E-state index in [4.69, 9.17) is 29.8 Å². The van der Waals surface area contributed by atoms with Crippen LogP contribution in [0.5, 0.6) is 5.75 Å². The molecule has 4 rings (SSSR count). The first-order valence-corrected chi connectivity index (χ1v) is 16.0. The summed E-state index contributed by atoms with van der Waals surface area (Å²) < 4.78 is 17.8. The van der Waals surface area contributed by atoms with E-state index < -0.39 is 29.1 Å². The Balaban J connectivity index is 1.70. The molecule has 12 nitrogen and oxygen atoms in total. The van der Waals surface area contributed by atoms with E-state index in [-0.39, 0.29) is 31.9 Å². The van der Waals surface area contributed by atoms with Crippen molar-refractivity contribution in [3.63, 3.8) is 0 Å². The van der Waals surface area contributed by atoms with Crippen LogP contribution in [0.4, 0.5) is 0 Å². The van der Waals surface area contributed by atoms with Gasteiger partial charge in [0.2, 0.25) is 5.90 Å². The largest absolute Gasteiger partial charge is 0.494 e. The van der Waals surface area contributed by atoms with Crippen LogP contribution in [0.2, 0.25) is 0 Å². The van der Waals surface area contributed by atoms with Crippen molar-refractivity contribution in [2.75, 3.05) is 19.8 Å². The Morgan fingerprint density at radius 1 is 1.08 bits per heavy atom. The molecule has 1 heterocycles. The van der Waals surface area contributed by atoms with Crippen molar-refractivity contribution >= 4 is 17.8 Å². The number of amides is 1. The Hall–Kier alpha value is -4.90. The second-order valence-electron chi connectivity index (χ2n) is 12.6. The van der Waals surface area contributed by atoms with Gasteiger partial charge in [-0.3, -0.25) is 15.0 Å². The Morgan fingerprint density at radius 2 is 1.81 bits per heavy atom. The van der Waals surface area contributed by atoms with Crippen LogP contribution in [-0.4, -0.2) is 53.8 Å². The van der Waals surface area contributed by atoms with E-state index in [1.165, 1.54) is 0 Å². The van der Waals surface area contributed by atoms with Gasteiger partial charge in [-0.05, 0) is 87.0 Å². The highest BCUT2D eigenvalue weighted by Gasteiger charge is 2.54. The van der Waals surface area contributed by atoms with Gasteiger partial charge in [0.25, 0.3) is 5.91 Å².